The molecule has 0 saturated carbocycles. The van der Waals surface area contributed by atoms with Gasteiger partial charge in [-0.2, -0.15) is 0 Å². The summed E-state index contributed by atoms with van der Waals surface area (Å²) in [6.07, 6.45) is 7.02. The summed E-state index contributed by atoms with van der Waals surface area (Å²) in [5.41, 5.74) is 0.575. The highest BCUT2D eigenvalue weighted by Gasteiger charge is 2.38. The lowest BCUT2D eigenvalue weighted by atomic mass is 9.79. The lowest BCUT2D eigenvalue weighted by Crippen LogP contribution is -2.54. The Morgan fingerprint density at radius 2 is 1.69 bits per heavy atom. The van der Waals surface area contributed by atoms with Gasteiger partial charge in [-0.25, -0.2) is 0 Å². The van der Waals surface area contributed by atoms with Crippen molar-refractivity contribution in [1.82, 2.24) is 9.57 Å². The van der Waals surface area contributed by atoms with Gasteiger partial charge in [-0.15, -0.1) is 0 Å². The summed E-state index contributed by atoms with van der Waals surface area (Å²) < 4.78 is 2.38. The van der Waals surface area contributed by atoms with Crippen LogP contribution in [0.25, 0.3) is 0 Å². The summed E-state index contributed by atoms with van der Waals surface area (Å²) in [6, 6.07) is 0. The molecule has 2 aliphatic heterocycles. The number of rotatable bonds is 0. The van der Waals surface area contributed by atoms with Crippen LogP contribution in [0.15, 0.2) is 0 Å². The van der Waals surface area contributed by atoms with Gasteiger partial charge in [0.2, 0.25) is 0 Å². The molecule has 1 unspecified atom stereocenters. The summed E-state index contributed by atoms with van der Waals surface area (Å²) in [5, 5.41) is 0. The molecular formula is C10H21N2P. The standard InChI is InChI=1S/C10H21N2P/c1-11-7-3-2-4-10(11)5-8-12(13)9-6-10/h2-9,13H2,1H3. The molecule has 2 rings (SSSR count). The molecule has 0 aliphatic carbocycles. The van der Waals surface area contributed by atoms with Crippen LogP contribution in [0.5, 0.6) is 0 Å². The largest absolute Gasteiger partial charge is 0.301 e. The van der Waals surface area contributed by atoms with Crippen LogP contribution >= 0.6 is 9.39 Å². The van der Waals surface area contributed by atoms with Crippen LogP contribution < -0.4 is 0 Å². The second-order valence-electron chi connectivity index (χ2n) is 4.64. The molecule has 1 spiro atoms. The van der Waals surface area contributed by atoms with Crippen LogP contribution in [-0.4, -0.2) is 41.8 Å². The van der Waals surface area contributed by atoms with Crippen LogP contribution in [0.1, 0.15) is 32.1 Å². The van der Waals surface area contributed by atoms with Crippen molar-refractivity contribution in [1.29, 1.82) is 0 Å². The zero-order valence-corrected chi connectivity index (χ0v) is 9.78. The Morgan fingerprint density at radius 1 is 1.00 bits per heavy atom. The van der Waals surface area contributed by atoms with Crippen LogP contribution in [-0.2, 0) is 0 Å². The maximum Gasteiger partial charge on any atom is 0.0231 e. The fraction of sp³-hybridized carbons (Fsp3) is 1.00. The first-order valence-electron chi connectivity index (χ1n) is 5.44. The van der Waals surface area contributed by atoms with E-state index in [1.165, 1.54) is 51.7 Å². The Bertz CT molecular complexity index is 176. The maximum atomic E-state index is 2.84. The molecule has 3 heteroatoms. The molecule has 0 amide bonds. The Kier molecular flexibility index (Phi) is 2.92. The molecule has 0 aromatic heterocycles. The zero-order chi connectivity index (χ0) is 9.31. The molecule has 0 bridgehead atoms. The highest BCUT2D eigenvalue weighted by Crippen LogP contribution is 2.36. The lowest BCUT2D eigenvalue weighted by molar-refractivity contribution is 0.0296. The number of nitrogens with zero attached hydrogens (tertiary/aromatic N) is 2. The third kappa shape index (κ3) is 1.91. The Balaban J connectivity index is 2.01. The van der Waals surface area contributed by atoms with Crippen molar-refractivity contribution in [3.63, 3.8) is 0 Å². The minimum atomic E-state index is 0.575. The van der Waals surface area contributed by atoms with E-state index in [1.54, 1.807) is 0 Å². The van der Waals surface area contributed by atoms with Crippen molar-refractivity contribution in [3.05, 3.63) is 0 Å². The van der Waals surface area contributed by atoms with Crippen molar-refractivity contribution >= 4 is 9.39 Å². The second kappa shape index (κ2) is 3.84. The fourth-order valence-electron chi connectivity index (χ4n) is 2.80. The molecule has 2 fully saturated rings. The topological polar surface area (TPSA) is 6.48 Å². The third-order valence-electron chi connectivity index (χ3n) is 3.92. The molecule has 2 heterocycles. The van der Waals surface area contributed by atoms with E-state index in [2.05, 4.69) is 26.0 Å². The molecule has 0 radical (unpaired) electrons. The minimum absolute atomic E-state index is 0.575. The summed E-state index contributed by atoms with van der Waals surface area (Å²) in [7, 11) is 5.15. The van der Waals surface area contributed by atoms with E-state index in [9.17, 15) is 0 Å². The number of piperidine rings is 2. The van der Waals surface area contributed by atoms with Gasteiger partial charge in [0, 0.05) is 18.6 Å². The van der Waals surface area contributed by atoms with Gasteiger partial charge in [-0.05, 0) is 39.3 Å². The van der Waals surface area contributed by atoms with Crippen LogP contribution in [0.4, 0.5) is 0 Å². The molecule has 2 nitrogen and oxygen atoms in total. The molecule has 76 valence electrons. The van der Waals surface area contributed by atoms with E-state index in [0.29, 0.717) is 5.54 Å². The van der Waals surface area contributed by atoms with E-state index in [1.807, 2.05) is 0 Å². The highest BCUT2D eigenvalue weighted by atomic mass is 31.0. The van der Waals surface area contributed by atoms with Gasteiger partial charge in [0.1, 0.15) is 0 Å². The average Bonchev–Trinajstić information content (AvgIpc) is 2.15. The van der Waals surface area contributed by atoms with Gasteiger partial charge in [-0.1, -0.05) is 15.8 Å². The lowest BCUT2D eigenvalue weighted by Gasteiger charge is -2.49. The molecule has 0 aromatic carbocycles. The van der Waals surface area contributed by atoms with E-state index < -0.39 is 0 Å². The Hall–Kier alpha value is 0.350. The van der Waals surface area contributed by atoms with E-state index in [0.717, 1.165) is 0 Å². The summed E-state index contributed by atoms with van der Waals surface area (Å²) >= 11 is 0. The first-order chi connectivity index (χ1) is 6.23. The first-order valence-corrected chi connectivity index (χ1v) is 5.95. The molecule has 0 aromatic rings. The van der Waals surface area contributed by atoms with Crippen molar-refractivity contribution < 1.29 is 0 Å². The van der Waals surface area contributed by atoms with Crippen molar-refractivity contribution in [2.24, 2.45) is 0 Å². The molecule has 13 heavy (non-hydrogen) atoms. The second-order valence-corrected chi connectivity index (χ2v) is 5.37. The fourth-order valence-corrected chi connectivity index (χ4v) is 3.06. The molecule has 2 saturated heterocycles. The molecule has 0 N–H and O–H groups in total. The summed E-state index contributed by atoms with van der Waals surface area (Å²) in [6.45, 7) is 3.83. The van der Waals surface area contributed by atoms with Gasteiger partial charge in [-0.3, -0.25) is 4.67 Å². The van der Waals surface area contributed by atoms with Crippen LogP contribution in [0, 0.1) is 0 Å². The van der Waals surface area contributed by atoms with Crippen molar-refractivity contribution in [3.8, 4) is 0 Å². The normalized spacial score (nSPS) is 30.9. The van der Waals surface area contributed by atoms with Gasteiger partial charge < -0.3 is 4.90 Å². The highest BCUT2D eigenvalue weighted by molar-refractivity contribution is 7.13. The SMILES string of the molecule is CN1CCCCC12CCN(P)CC2. The number of likely N-dealkylation sites (tertiary alicyclic amines) is 1. The Labute approximate surface area is 83.9 Å². The monoisotopic (exact) mass is 200 g/mol. The quantitative estimate of drug-likeness (QED) is 0.549. The van der Waals surface area contributed by atoms with Crippen molar-refractivity contribution in [2.45, 2.75) is 37.6 Å². The number of hydrogen-bond donors (Lipinski definition) is 0. The predicted molar refractivity (Wildman–Crippen MR) is 59.7 cm³/mol. The maximum absolute atomic E-state index is 2.84. The Morgan fingerprint density at radius 3 is 2.31 bits per heavy atom. The van der Waals surface area contributed by atoms with Gasteiger partial charge in [0.05, 0.1) is 0 Å². The van der Waals surface area contributed by atoms with Gasteiger partial charge in [0.15, 0.2) is 0 Å². The third-order valence-corrected chi connectivity index (χ3v) is 4.44. The summed E-state index contributed by atoms with van der Waals surface area (Å²) in [5.74, 6) is 0. The molecule has 2 aliphatic rings. The molecular weight excluding hydrogens is 179 g/mol. The first kappa shape index (κ1) is 9.89. The van der Waals surface area contributed by atoms with Crippen molar-refractivity contribution in [2.75, 3.05) is 26.7 Å². The van der Waals surface area contributed by atoms with Gasteiger partial charge >= 0.3 is 0 Å². The minimum Gasteiger partial charge on any atom is -0.301 e. The average molecular weight is 200 g/mol. The number of hydrogen-bond acceptors (Lipinski definition) is 2. The van der Waals surface area contributed by atoms with E-state index in [-0.39, 0.29) is 0 Å². The predicted octanol–water partition coefficient (Wildman–Crippen LogP) is 1.73. The van der Waals surface area contributed by atoms with Gasteiger partial charge in [0.25, 0.3) is 0 Å². The van der Waals surface area contributed by atoms with E-state index in [4.69, 9.17) is 0 Å². The van der Waals surface area contributed by atoms with Crippen LogP contribution in [0.3, 0.4) is 0 Å². The smallest absolute Gasteiger partial charge is 0.0231 e. The van der Waals surface area contributed by atoms with Crippen LogP contribution in [0.2, 0.25) is 0 Å². The molecule has 1 atom stereocenters. The van der Waals surface area contributed by atoms with E-state index >= 15 is 0 Å². The summed E-state index contributed by atoms with van der Waals surface area (Å²) in [4.78, 5) is 2.62. The zero-order valence-electron chi connectivity index (χ0n) is 8.63.